The van der Waals surface area contributed by atoms with E-state index in [1.807, 2.05) is 29.2 Å². The summed E-state index contributed by atoms with van der Waals surface area (Å²) in [5.41, 5.74) is 15.6. The zero-order valence-corrected chi connectivity index (χ0v) is 20.3. The van der Waals surface area contributed by atoms with E-state index in [1.54, 1.807) is 6.20 Å². The van der Waals surface area contributed by atoms with Crippen LogP contribution in [0.2, 0.25) is 0 Å². The zero-order valence-electron chi connectivity index (χ0n) is 20.3. The molecular weight excluding hydrogens is 442 g/mol. The molecule has 2 amide bonds. The number of nitrogens with two attached hydrogens (primary N) is 2. The SMILES string of the molecule is CCc1cc(-c2ccnc(/C=C(\N)C(=O)NC3CCC(C(=O)N4CCNCC4)CC3)n2)ccc1N. The van der Waals surface area contributed by atoms with Gasteiger partial charge in [-0.05, 0) is 55.9 Å². The number of hydrogen-bond acceptors (Lipinski definition) is 7. The molecule has 1 saturated heterocycles. The normalized spacial score (nSPS) is 20.9. The summed E-state index contributed by atoms with van der Waals surface area (Å²) in [6, 6.07) is 7.64. The van der Waals surface area contributed by atoms with E-state index in [0.29, 0.717) is 5.82 Å². The Bertz CT molecular complexity index is 1090. The molecule has 1 aliphatic carbocycles. The van der Waals surface area contributed by atoms with Gasteiger partial charge in [0.2, 0.25) is 5.91 Å². The quantitative estimate of drug-likeness (QED) is 0.367. The lowest BCUT2D eigenvalue weighted by molar-refractivity contribution is -0.137. The summed E-state index contributed by atoms with van der Waals surface area (Å²) in [4.78, 5) is 36.2. The minimum atomic E-state index is -0.336. The van der Waals surface area contributed by atoms with Gasteiger partial charge in [0.25, 0.3) is 5.91 Å². The highest BCUT2D eigenvalue weighted by Crippen LogP contribution is 2.27. The zero-order chi connectivity index (χ0) is 24.8. The van der Waals surface area contributed by atoms with Crippen LogP contribution < -0.4 is 22.1 Å². The Kier molecular flexibility index (Phi) is 7.97. The standard InChI is InChI=1S/C26H35N7O2/c1-2-17-15-19(5-8-21(17)27)23-9-10-30-24(32-23)16-22(28)25(34)31-20-6-3-18(4-7-20)26(35)33-13-11-29-12-14-33/h5,8-10,15-16,18,20,29H,2-4,6-7,11-14,27-28H2,1H3,(H,31,34)/b22-16-. The highest BCUT2D eigenvalue weighted by Gasteiger charge is 2.30. The molecular formula is C26H35N7O2. The van der Waals surface area contributed by atoms with Gasteiger partial charge < -0.3 is 27.0 Å². The molecule has 2 fully saturated rings. The van der Waals surface area contributed by atoms with Gasteiger partial charge in [0.15, 0.2) is 5.82 Å². The molecule has 2 aromatic rings. The second-order valence-electron chi connectivity index (χ2n) is 9.26. The number of amides is 2. The molecule has 1 aromatic carbocycles. The van der Waals surface area contributed by atoms with Crippen molar-refractivity contribution < 1.29 is 9.59 Å². The lowest BCUT2D eigenvalue weighted by Gasteiger charge is -2.34. The van der Waals surface area contributed by atoms with Gasteiger partial charge in [0.05, 0.1) is 5.69 Å². The molecule has 1 saturated carbocycles. The first-order valence-corrected chi connectivity index (χ1v) is 12.4. The van der Waals surface area contributed by atoms with Crippen molar-refractivity contribution in [2.75, 3.05) is 31.9 Å². The number of nitrogens with one attached hydrogen (secondary N) is 2. The average Bonchev–Trinajstić information content (AvgIpc) is 2.89. The summed E-state index contributed by atoms with van der Waals surface area (Å²) in [5, 5.41) is 6.28. The van der Waals surface area contributed by atoms with Crippen molar-refractivity contribution in [1.29, 1.82) is 0 Å². The van der Waals surface area contributed by atoms with Crippen molar-refractivity contribution >= 4 is 23.6 Å². The first kappa shape index (κ1) is 24.7. The van der Waals surface area contributed by atoms with Gasteiger partial charge in [-0.25, -0.2) is 9.97 Å². The molecule has 0 atom stereocenters. The molecule has 35 heavy (non-hydrogen) atoms. The predicted molar refractivity (Wildman–Crippen MR) is 137 cm³/mol. The van der Waals surface area contributed by atoms with Crippen LogP contribution in [0.25, 0.3) is 17.3 Å². The van der Waals surface area contributed by atoms with Gasteiger partial charge in [-0.15, -0.1) is 0 Å². The highest BCUT2D eigenvalue weighted by atomic mass is 16.2. The van der Waals surface area contributed by atoms with Crippen LogP contribution in [0, 0.1) is 5.92 Å². The van der Waals surface area contributed by atoms with Crippen molar-refractivity contribution in [2.24, 2.45) is 11.7 Å². The van der Waals surface area contributed by atoms with Crippen LogP contribution >= 0.6 is 0 Å². The minimum absolute atomic E-state index is 0.0102. The maximum Gasteiger partial charge on any atom is 0.267 e. The van der Waals surface area contributed by atoms with Crippen molar-refractivity contribution in [1.82, 2.24) is 25.5 Å². The summed E-state index contributed by atoms with van der Waals surface area (Å²) in [6.07, 6.45) is 7.08. The summed E-state index contributed by atoms with van der Waals surface area (Å²) in [5.74, 6) is 0.332. The Balaban J connectivity index is 1.34. The smallest absolute Gasteiger partial charge is 0.267 e. The fraction of sp³-hybridized carbons (Fsp3) is 0.462. The molecule has 9 nitrogen and oxygen atoms in total. The fourth-order valence-electron chi connectivity index (χ4n) is 4.78. The third-order valence-corrected chi connectivity index (χ3v) is 6.88. The van der Waals surface area contributed by atoms with Crippen molar-refractivity contribution in [2.45, 2.75) is 45.1 Å². The number of nitrogens with zero attached hydrogens (tertiary/aromatic N) is 3. The number of anilines is 1. The molecule has 0 radical (unpaired) electrons. The predicted octanol–water partition coefficient (Wildman–Crippen LogP) is 1.69. The van der Waals surface area contributed by atoms with E-state index in [4.69, 9.17) is 11.5 Å². The molecule has 0 bridgehead atoms. The number of aromatic nitrogens is 2. The lowest BCUT2D eigenvalue weighted by Crippen LogP contribution is -2.49. The maximum atomic E-state index is 12.7. The highest BCUT2D eigenvalue weighted by molar-refractivity contribution is 5.96. The van der Waals surface area contributed by atoms with Crippen LogP contribution in [0.5, 0.6) is 0 Å². The van der Waals surface area contributed by atoms with Crippen LogP contribution in [0.15, 0.2) is 36.2 Å². The van der Waals surface area contributed by atoms with Crippen molar-refractivity contribution in [3.63, 3.8) is 0 Å². The Hall–Kier alpha value is -3.46. The Morgan fingerprint density at radius 2 is 1.91 bits per heavy atom. The van der Waals surface area contributed by atoms with Crippen LogP contribution in [-0.2, 0) is 16.0 Å². The number of aryl methyl sites for hydroxylation is 1. The van der Waals surface area contributed by atoms with E-state index < -0.39 is 0 Å². The fourth-order valence-corrected chi connectivity index (χ4v) is 4.78. The lowest BCUT2D eigenvalue weighted by atomic mass is 9.85. The number of carbonyl (C=O) groups is 2. The number of rotatable bonds is 6. The van der Waals surface area contributed by atoms with Crippen molar-refractivity contribution in [3.8, 4) is 11.3 Å². The molecule has 186 valence electrons. The van der Waals surface area contributed by atoms with Crippen LogP contribution in [0.4, 0.5) is 5.69 Å². The molecule has 1 aromatic heterocycles. The van der Waals surface area contributed by atoms with E-state index >= 15 is 0 Å². The van der Waals surface area contributed by atoms with Gasteiger partial charge in [0.1, 0.15) is 5.70 Å². The first-order chi connectivity index (χ1) is 16.9. The van der Waals surface area contributed by atoms with E-state index in [9.17, 15) is 9.59 Å². The van der Waals surface area contributed by atoms with Gasteiger partial charge in [0, 0.05) is 61.7 Å². The van der Waals surface area contributed by atoms with Crippen LogP contribution in [0.1, 0.15) is 44.0 Å². The summed E-state index contributed by atoms with van der Waals surface area (Å²) >= 11 is 0. The second-order valence-corrected chi connectivity index (χ2v) is 9.26. The molecule has 6 N–H and O–H groups in total. The topological polar surface area (TPSA) is 139 Å². The molecule has 1 aliphatic heterocycles. The second kappa shape index (κ2) is 11.3. The summed E-state index contributed by atoms with van der Waals surface area (Å²) < 4.78 is 0. The Labute approximate surface area is 206 Å². The third-order valence-electron chi connectivity index (χ3n) is 6.88. The molecule has 4 rings (SSSR count). The van der Waals surface area contributed by atoms with E-state index in [0.717, 1.165) is 80.8 Å². The molecule has 9 heteroatoms. The largest absolute Gasteiger partial charge is 0.399 e. The Morgan fingerprint density at radius 1 is 1.17 bits per heavy atom. The van der Waals surface area contributed by atoms with Gasteiger partial charge in [-0.1, -0.05) is 13.0 Å². The van der Waals surface area contributed by atoms with E-state index in [-0.39, 0.29) is 29.5 Å². The summed E-state index contributed by atoms with van der Waals surface area (Å²) in [7, 11) is 0. The van der Waals surface area contributed by atoms with Crippen LogP contribution in [0.3, 0.4) is 0 Å². The number of piperazine rings is 1. The van der Waals surface area contributed by atoms with Gasteiger partial charge in [-0.2, -0.15) is 0 Å². The van der Waals surface area contributed by atoms with E-state index in [1.165, 1.54) is 6.08 Å². The van der Waals surface area contributed by atoms with E-state index in [2.05, 4.69) is 27.5 Å². The number of hydrogen-bond donors (Lipinski definition) is 4. The van der Waals surface area contributed by atoms with Crippen molar-refractivity contribution in [3.05, 3.63) is 47.5 Å². The third kappa shape index (κ3) is 6.16. The molecule has 0 spiro atoms. The van der Waals surface area contributed by atoms with Gasteiger partial charge in [-0.3, -0.25) is 9.59 Å². The minimum Gasteiger partial charge on any atom is -0.399 e. The number of nitrogen functional groups attached to an aromatic ring is 1. The molecule has 0 unspecified atom stereocenters. The first-order valence-electron chi connectivity index (χ1n) is 12.4. The summed E-state index contributed by atoms with van der Waals surface area (Å²) in [6.45, 7) is 5.32. The van der Waals surface area contributed by atoms with Gasteiger partial charge >= 0.3 is 0 Å². The molecule has 2 heterocycles. The average molecular weight is 478 g/mol. The monoisotopic (exact) mass is 477 g/mol. The Morgan fingerprint density at radius 3 is 2.63 bits per heavy atom. The molecule has 2 aliphatic rings. The van der Waals surface area contributed by atoms with Crippen LogP contribution in [-0.4, -0.2) is 58.9 Å². The number of benzene rings is 1. The number of carbonyl (C=O) groups excluding carboxylic acids is 2. The maximum absolute atomic E-state index is 12.7.